The minimum absolute atomic E-state index is 0.135. The lowest BCUT2D eigenvalue weighted by Crippen LogP contribution is -2.51. The molecule has 4 N–H and O–H groups in total. The van der Waals surface area contributed by atoms with Crippen LogP contribution in [-0.4, -0.2) is 61.7 Å². The van der Waals surface area contributed by atoms with Crippen molar-refractivity contribution in [3.63, 3.8) is 0 Å². The molecular formula is C30H35N7O2. The summed E-state index contributed by atoms with van der Waals surface area (Å²) in [4.78, 5) is 13.7. The predicted molar refractivity (Wildman–Crippen MR) is 157 cm³/mol. The molecule has 0 amide bonds. The summed E-state index contributed by atoms with van der Waals surface area (Å²) in [6.45, 7) is 2.24. The van der Waals surface area contributed by atoms with Crippen LogP contribution in [0.3, 0.4) is 0 Å². The maximum Gasteiger partial charge on any atom is 0.227 e. The molecule has 2 heterocycles. The molecule has 3 aromatic carbocycles. The number of nitrogens with zero attached hydrogens (tertiary/aromatic N) is 4. The van der Waals surface area contributed by atoms with Crippen LogP contribution in [0.15, 0.2) is 72.8 Å². The fourth-order valence-electron chi connectivity index (χ4n) is 5.39. The smallest absolute Gasteiger partial charge is 0.227 e. The monoisotopic (exact) mass is 525 g/mol. The molecule has 0 unspecified atom stereocenters. The lowest BCUT2D eigenvalue weighted by Gasteiger charge is -2.44. The van der Waals surface area contributed by atoms with Gasteiger partial charge in [0.15, 0.2) is 17.5 Å². The zero-order valence-corrected chi connectivity index (χ0v) is 22.6. The maximum absolute atomic E-state index is 8.64. The lowest BCUT2D eigenvalue weighted by atomic mass is 9.72. The van der Waals surface area contributed by atoms with Crippen LogP contribution < -0.4 is 25.4 Å². The van der Waals surface area contributed by atoms with E-state index in [1.54, 1.807) is 14.2 Å². The summed E-state index contributed by atoms with van der Waals surface area (Å²) in [6.07, 6.45) is 1.77. The van der Waals surface area contributed by atoms with Gasteiger partial charge in [-0.05, 0) is 36.6 Å². The number of guanidine groups is 1. The molecule has 39 heavy (non-hydrogen) atoms. The molecule has 0 saturated carbocycles. The highest BCUT2D eigenvalue weighted by atomic mass is 16.5. The van der Waals surface area contributed by atoms with Crippen molar-refractivity contribution in [2.75, 3.05) is 56.9 Å². The van der Waals surface area contributed by atoms with Gasteiger partial charge in [0.1, 0.15) is 5.82 Å². The number of nitrogens with two attached hydrogens (primary N) is 1. The number of rotatable bonds is 7. The van der Waals surface area contributed by atoms with Gasteiger partial charge in [-0.3, -0.25) is 5.41 Å². The minimum atomic E-state index is -0.135. The van der Waals surface area contributed by atoms with Crippen molar-refractivity contribution >= 4 is 34.3 Å². The first-order valence-corrected chi connectivity index (χ1v) is 13.0. The topological polar surface area (TPSA) is 113 Å². The molecule has 5 rings (SSSR count). The molecule has 1 aliphatic heterocycles. The lowest BCUT2D eigenvalue weighted by molar-refractivity contribution is 0.227. The molecule has 1 aromatic heterocycles. The summed E-state index contributed by atoms with van der Waals surface area (Å²) in [5.74, 6) is 2.56. The van der Waals surface area contributed by atoms with E-state index in [9.17, 15) is 0 Å². The Morgan fingerprint density at radius 1 is 0.974 bits per heavy atom. The van der Waals surface area contributed by atoms with Crippen molar-refractivity contribution in [1.82, 2.24) is 14.9 Å². The summed E-state index contributed by atoms with van der Waals surface area (Å²) in [5, 5.41) is 12.6. The largest absolute Gasteiger partial charge is 0.493 e. The van der Waals surface area contributed by atoms with Gasteiger partial charge in [-0.1, -0.05) is 48.5 Å². The summed E-state index contributed by atoms with van der Waals surface area (Å²) in [7, 11) is 5.21. The summed E-state index contributed by atoms with van der Waals surface area (Å²) < 4.78 is 10.9. The number of hydrogen-bond donors (Lipinski definition) is 3. The van der Waals surface area contributed by atoms with Crippen LogP contribution in [0.5, 0.6) is 11.5 Å². The number of fused-ring (bicyclic) bond motifs is 1. The van der Waals surface area contributed by atoms with Gasteiger partial charge in [0.2, 0.25) is 5.95 Å². The van der Waals surface area contributed by atoms with E-state index in [1.807, 2.05) is 55.6 Å². The Labute approximate surface area is 229 Å². The average molecular weight is 526 g/mol. The highest BCUT2D eigenvalue weighted by molar-refractivity contribution is 5.92. The summed E-state index contributed by atoms with van der Waals surface area (Å²) in [5.41, 5.74) is 9.15. The zero-order chi connectivity index (χ0) is 27.4. The number of anilines is 3. The average Bonchev–Trinajstić information content (AvgIpc) is 2.97. The van der Waals surface area contributed by atoms with Gasteiger partial charge in [-0.15, -0.1) is 0 Å². The number of piperidine rings is 1. The van der Waals surface area contributed by atoms with Gasteiger partial charge in [0.25, 0.3) is 0 Å². The highest BCUT2D eigenvalue weighted by Gasteiger charge is 2.38. The van der Waals surface area contributed by atoms with Crippen molar-refractivity contribution in [2.24, 2.45) is 0 Å². The number of methoxy groups -OCH3 is 2. The predicted octanol–water partition coefficient (Wildman–Crippen LogP) is 4.75. The van der Waals surface area contributed by atoms with Crippen LogP contribution in [0.4, 0.5) is 17.5 Å². The second kappa shape index (κ2) is 11.1. The Balaban J connectivity index is 1.39. The molecule has 0 atom stereocenters. The van der Waals surface area contributed by atoms with Gasteiger partial charge in [0.05, 0.1) is 19.7 Å². The molecule has 9 nitrogen and oxygen atoms in total. The molecule has 202 valence electrons. The molecule has 0 bridgehead atoms. The van der Waals surface area contributed by atoms with E-state index in [4.69, 9.17) is 25.6 Å². The molecular weight excluding hydrogens is 490 g/mol. The number of likely N-dealkylation sites (N-methyl/N-ethyl adjacent to an activating group) is 1. The number of hydrogen-bond acceptors (Lipinski definition) is 7. The van der Waals surface area contributed by atoms with E-state index in [1.165, 1.54) is 5.56 Å². The van der Waals surface area contributed by atoms with Crippen LogP contribution in [0.2, 0.25) is 0 Å². The van der Waals surface area contributed by atoms with Crippen LogP contribution in [0.1, 0.15) is 18.4 Å². The van der Waals surface area contributed by atoms with Crippen molar-refractivity contribution < 1.29 is 9.47 Å². The van der Waals surface area contributed by atoms with E-state index in [-0.39, 0.29) is 5.41 Å². The van der Waals surface area contributed by atoms with Crippen molar-refractivity contribution in [3.8, 4) is 11.5 Å². The maximum atomic E-state index is 8.64. The fourth-order valence-corrected chi connectivity index (χ4v) is 5.39. The second-order valence-corrected chi connectivity index (χ2v) is 9.96. The number of aromatic nitrogens is 2. The van der Waals surface area contributed by atoms with Crippen LogP contribution in [0, 0.1) is 5.41 Å². The van der Waals surface area contributed by atoms with Gasteiger partial charge < -0.3 is 30.3 Å². The van der Waals surface area contributed by atoms with Crippen LogP contribution in [0.25, 0.3) is 10.9 Å². The molecule has 4 aromatic rings. The van der Waals surface area contributed by atoms with Crippen LogP contribution in [-0.2, 0) is 5.41 Å². The Morgan fingerprint density at radius 2 is 1.59 bits per heavy atom. The van der Waals surface area contributed by atoms with Gasteiger partial charge >= 0.3 is 0 Å². The van der Waals surface area contributed by atoms with Crippen molar-refractivity contribution in [3.05, 3.63) is 78.4 Å². The zero-order valence-electron chi connectivity index (χ0n) is 22.6. The third-order valence-corrected chi connectivity index (χ3v) is 7.56. The molecule has 0 aliphatic carbocycles. The fraction of sp³-hybridized carbons (Fsp3) is 0.300. The van der Waals surface area contributed by atoms with Crippen LogP contribution >= 0.6 is 0 Å². The first-order valence-electron chi connectivity index (χ1n) is 13.0. The van der Waals surface area contributed by atoms with Gasteiger partial charge in [0, 0.05) is 49.2 Å². The summed E-state index contributed by atoms with van der Waals surface area (Å²) in [6, 6.07) is 24.1. The number of para-hydroxylation sites is 1. The van der Waals surface area contributed by atoms with E-state index in [0.29, 0.717) is 41.3 Å². The first-order chi connectivity index (χ1) is 18.9. The van der Waals surface area contributed by atoms with Gasteiger partial charge in [-0.25, -0.2) is 4.98 Å². The Kier molecular flexibility index (Phi) is 7.40. The Bertz CT molecular complexity index is 1440. The molecule has 1 saturated heterocycles. The standard InChI is InChI=1S/C30H35N7O2/c1-36(29-34-24-19-26(39-3)25(38-2)18-23(24)27(31)35-29)20-30(21-10-6-4-7-11-21)14-16-37(17-15-30)28(32)33-22-12-8-5-9-13-22/h4-13,18-19H,14-17,20H2,1-3H3,(H2,32,33)(H2,31,34,35). The minimum Gasteiger partial charge on any atom is -0.493 e. The van der Waals surface area contributed by atoms with E-state index in [0.717, 1.165) is 37.0 Å². The normalized spacial score (nSPS) is 14.6. The number of ether oxygens (including phenoxy) is 2. The number of likely N-dealkylation sites (tertiary alicyclic amines) is 1. The molecule has 9 heteroatoms. The molecule has 0 radical (unpaired) electrons. The van der Waals surface area contributed by atoms with E-state index < -0.39 is 0 Å². The Hall–Kier alpha value is -4.53. The van der Waals surface area contributed by atoms with Gasteiger partial charge in [-0.2, -0.15) is 4.98 Å². The first kappa shape index (κ1) is 26.1. The Morgan fingerprint density at radius 3 is 2.23 bits per heavy atom. The highest BCUT2D eigenvalue weighted by Crippen LogP contribution is 2.38. The third kappa shape index (κ3) is 5.38. The third-order valence-electron chi connectivity index (χ3n) is 7.56. The number of benzene rings is 3. The number of nitrogen functional groups attached to an aromatic ring is 1. The second-order valence-electron chi connectivity index (χ2n) is 9.96. The molecule has 1 fully saturated rings. The van der Waals surface area contributed by atoms with E-state index in [2.05, 4.69) is 44.4 Å². The molecule has 0 spiro atoms. The number of nitrogens with one attached hydrogen (secondary N) is 2. The van der Waals surface area contributed by atoms with Crippen molar-refractivity contribution in [1.29, 1.82) is 5.41 Å². The van der Waals surface area contributed by atoms with Crippen molar-refractivity contribution in [2.45, 2.75) is 18.3 Å². The van der Waals surface area contributed by atoms with E-state index >= 15 is 0 Å². The molecule has 1 aliphatic rings. The summed E-state index contributed by atoms with van der Waals surface area (Å²) >= 11 is 0. The quantitative estimate of drug-likeness (QED) is 0.234. The SMILES string of the molecule is COc1cc2nc(N(C)CC3(c4ccccc4)CCN(C(=N)Nc4ccccc4)CC3)nc(N)c2cc1OC.